The monoisotopic (exact) mass is 358 g/mol. The van der Waals surface area contributed by atoms with E-state index in [9.17, 15) is 27.9 Å². The molecule has 1 aliphatic heterocycles. The van der Waals surface area contributed by atoms with Crippen LogP contribution in [0.5, 0.6) is 0 Å². The van der Waals surface area contributed by atoms with E-state index in [2.05, 4.69) is 0 Å². The Labute approximate surface area is 144 Å². The number of carbonyl (C=O) groups excluding carboxylic acids is 2. The van der Waals surface area contributed by atoms with Crippen LogP contribution in [0.15, 0.2) is 18.2 Å². The van der Waals surface area contributed by atoms with Gasteiger partial charge in [-0.3, -0.25) is 9.59 Å². The highest BCUT2D eigenvalue weighted by Gasteiger charge is 2.39. The Kier molecular flexibility index (Phi) is 5.41. The number of halogens is 3. The van der Waals surface area contributed by atoms with Crippen molar-refractivity contribution >= 4 is 11.8 Å². The average molecular weight is 358 g/mol. The minimum Gasteiger partial charge on any atom is -0.355 e. The van der Waals surface area contributed by atoms with Crippen LogP contribution in [-0.2, 0) is 4.79 Å². The van der Waals surface area contributed by atoms with Crippen molar-refractivity contribution in [1.82, 2.24) is 9.80 Å². The van der Waals surface area contributed by atoms with E-state index in [1.165, 1.54) is 16.8 Å². The van der Waals surface area contributed by atoms with E-state index >= 15 is 0 Å². The fourth-order valence-corrected chi connectivity index (χ4v) is 3.19. The number of alkyl halides is 1. The molecule has 2 rings (SSSR count). The van der Waals surface area contributed by atoms with Gasteiger partial charge >= 0.3 is 0 Å². The van der Waals surface area contributed by atoms with Crippen molar-refractivity contribution in [2.45, 2.75) is 32.2 Å². The maximum Gasteiger partial charge on any atom is 0.287 e. The Bertz CT molecular complexity index is 676. The molecule has 0 aliphatic carbocycles. The van der Waals surface area contributed by atoms with Gasteiger partial charge in [0.05, 0.1) is 5.56 Å². The average Bonchev–Trinajstić information content (AvgIpc) is 2.52. The van der Waals surface area contributed by atoms with E-state index < -0.39 is 29.3 Å². The topological polar surface area (TPSA) is 60.9 Å². The molecule has 138 valence electrons. The summed E-state index contributed by atoms with van der Waals surface area (Å²) >= 11 is 0. The minimum absolute atomic E-state index is 0.160. The second kappa shape index (κ2) is 7.03. The number of hydrogen-bond acceptors (Lipinski definition) is 3. The van der Waals surface area contributed by atoms with E-state index in [0.717, 1.165) is 19.1 Å². The van der Waals surface area contributed by atoms with Crippen molar-refractivity contribution in [2.24, 2.45) is 5.92 Å². The molecule has 2 amide bonds. The summed E-state index contributed by atoms with van der Waals surface area (Å²) < 4.78 is 40.2. The summed E-state index contributed by atoms with van der Waals surface area (Å²) in [4.78, 5) is 26.9. The maximum atomic E-state index is 13.8. The zero-order chi connectivity index (χ0) is 18.9. The van der Waals surface area contributed by atoms with Gasteiger partial charge in [0.2, 0.25) is 0 Å². The van der Waals surface area contributed by atoms with E-state index in [1.807, 2.05) is 0 Å². The first-order chi connectivity index (χ1) is 11.5. The smallest absolute Gasteiger partial charge is 0.287 e. The normalized spacial score (nSPS) is 23.1. The zero-order valence-electron chi connectivity index (χ0n) is 14.3. The molecule has 1 saturated heterocycles. The first-order valence-electron chi connectivity index (χ1n) is 7.95. The molecule has 8 heteroatoms. The molecular weight excluding hydrogens is 337 g/mol. The van der Waals surface area contributed by atoms with Crippen molar-refractivity contribution in [3.63, 3.8) is 0 Å². The van der Waals surface area contributed by atoms with Gasteiger partial charge in [-0.05, 0) is 24.5 Å². The van der Waals surface area contributed by atoms with Gasteiger partial charge < -0.3 is 14.9 Å². The van der Waals surface area contributed by atoms with Crippen LogP contribution in [0.1, 0.15) is 30.6 Å². The van der Waals surface area contributed by atoms with Gasteiger partial charge in [0.15, 0.2) is 0 Å². The third kappa shape index (κ3) is 4.12. The molecule has 1 fully saturated rings. The van der Waals surface area contributed by atoms with Crippen molar-refractivity contribution < 1.29 is 27.9 Å². The van der Waals surface area contributed by atoms with E-state index in [0.29, 0.717) is 12.5 Å². The highest BCUT2D eigenvalue weighted by molar-refractivity contribution is 5.94. The van der Waals surface area contributed by atoms with Gasteiger partial charge in [-0.2, -0.15) is 0 Å². The summed E-state index contributed by atoms with van der Waals surface area (Å²) in [5, 5.41) is 9.19. The molecule has 1 heterocycles. The van der Waals surface area contributed by atoms with Crippen LogP contribution in [0.4, 0.5) is 13.2 Å². The summed E-state index contributed by atoms with van der Waals surface area (Å²) in [6.45, 7) is 2.88. The summed E-state index contributed by atoms with van der Waals surface area (Å²) in [5.41, 5.74) is -0.235. The molecule has 5 nitrogen and oxygen atoms in total. The van der Waals surface area contributed by atoms with Gasteiger partial charge in [-0.1, -0.05) is 6.92 Å². The fraction of sp³-hybridized carbons (Fsp3) is 0.529. The first kappa shape index (κ1) is 19.2. The summed E-state index contributed by atoms with van der Waals surface area (Å²) in [7, 11) is 1.51. The Morgan fingerprint density at radius 3 is 2.52 bits per heavy atom. The van der Waals surface area contributed by atoms with Crippen LogP contribution in [0.2, 0.25) is 0 Å². The number of rotatable bonds is 3. The third-order valence-electron chi connectivity index (χ3n) is 4.52. The number of piperidine rings is 1. The van der Waals surface area contributed by atoms with Crippen molar-refractivity contribution in [3.05, 3.63) is 35.4 Å². The largest absolute Gasteiger partial charge is 0.355 e. The van der Waals surface area contributed by atoms with Crippen LogP contribution in [0, 0.1) is 17.6 Å². The standard InChI is InChI=1S/C17H21F3N2O3/c1-10-9-22(16(24)17(2,20)25)7-6-14(10)21(3)15(23)12-5-4-11(18)8-13(12)19/h4-5,8,10,14,25H,6-7,9H2,1-3H3/t10-,14+,17?/m0/s1. The predicted molar refractivity (Wildman–Crippen MR) is 84.3 cm³/mol. The number of nitrogens with zero attached hydrogens (tertiary/aromatic N) is 2. The molecular formula is C17H21F3N2O3. The van der Waals surface area contributed by atoms with Gasteiger partial charge in [0.25, 0.3) is 17.7 Å². The van der Waals surface area contributed by atoms with E-state index in [-0.39, 0.29) is 30.6 Å². The molecule has 0 aromatic heterocycles. The van der Waals surface area contributed by atoms with Gasteiger partial charge in [-0.25, -0.2) is 13.2 Å². The van der Waals surface area contributed by atoms with E-state index in [4.69, 9.17) is 0 Å². The van der Waals surface area contributed by atoms with Gasteiger partial charge in [0.1, 0.15) is 11.6 Å². The highest BCUT2D eigenvalue weighted by atomic mass is 19.2. The molecule has 0 bridgehead atoms. The predicted octanol–water partition coefficient (Wildman–Crippen LogP) is 1.95. The van der Waals surface area contributed by atoms with Crippen LogP contribution in [0.3, 0.4) is 0 Å². The van der Waals surface area contributed by atoms with Crippen LogP contribution < -0.4 is 0 Å². The van der Waals surface area contributed by atoms with Gasteiger partial charge in [0, 0.05) is 39.2 Å². The van der Waals surface area contributed by atoms with Gasteiger partial charge in [-0.15, -0.1) is 0 Å². The van der Waals surface area contributed by atoms with E-state index in [1.54, 1.807) is 6.92 Å². The molecule has 25 heavy (non-hydrogen) atoms. The van der Waals surface area contributed by atoms with Crippen LogP contribution >= 0.6 is 0 Å². The number of likely N-dealkylation sites (tertiary alicyclic amines) is 1. The van der Waals surface area contributed by atoms with Crippen molar-refractivity contribution in [1.29, 1.82) is 0 Å². The lowest BCUT2D eigenvalue weighted by molar-refractivity contribution is -0.170. The number of hydrogen-bond donors (Lipinski definition) is 1. The molecule has 0 spiro atoms. The lowest BCUT2D eigenvalue weighted by Crippen LogP contribution is -2.55. The SMILES string of the molecule is C[C@H]1CN(C(=O)C(C)(O)F)CC[C@H]1N(C)C(=O)c1ccc(F)cc1F. The second-order valence-electron chi connectivity index (χ2n) is 6.58. The quantitative estimate of drug-likeness (QED) is 0.899. The third-order valence-corrected chi connectivity index (χ3v) is 4.52. The Morgan fingerprint density at radius 2 is 2.00 bits per heavy atom. The molecule has 0 saturated carbocycles. The molecule has 1 aromatic rings. The van der Waals surface area contributed by atoms with Crippen molar-refractivity contribution in [3.8, 4) is 0 Å². The molecule has 1 unspecified atom stereocenters. The molecule has 3 atom stereocenters. The summed E-state index contributed by atoms with van der Waals surface area (Å²) in [6.07, 6.45) is 0.355. The second-order valence-corrected chi connectivity index (χ2v) is 6.58. The van der Waals surface area contributed by atoms with Crippen molar-refractivity contribution in [2.75, 3.05) is 20.1 Å². The summed E-state index contributed by atoms with van der Waals surface area (Å²) in [6, 6.07) is 2.45. The zero-order valence-corrected chi connectivity index (χ0v) is 14.3. The molecule has 1 aliphatic rings. The maximum absolute atomic E-state index is 13.8. The highest BCUT2D eigenvalue weighted by Crippen LogP contribution is 2.25. The van der Waals surface area contributed by atoms with Crippen LogP contribution in [-0.4, -0.2) is 58.8 Å². The van der Waals surface area contributed by atoms with Crippen LogP contribution in [0.25, 0.3) is 0 Å². The fourth-order valence-electron chi connectivity index (χ4n) is 3.19. The molecule has 1 N–H and O–H groups in total. The summed E-state index contributed by atoms with van der Waals surface area (Å²) in [5.74, 6) is -6.47. The number of amides is 2. The Balaban J connectivity index is 2.09. The molecule has 1 aromatic carbocycles. The minimum atomic E-state index is -2.94. The Hall–Kier alpha value is -2.09. The first-order valence-corrected chi connectivity index (χ1v) is 7.95. The number of aliphatic hydroxyl groups is 1. The number of carbonyl (C=O) groups is 2. The Morgan fingerprint density at radius 1 is 1.36 bits per heavy atom. The lowest BCUT2D eigenvalue weighted by atomic mass is 9.91. The lowest BCUT2D eigenvalue weighted by Gasteiger charge is -2.42. The molecule has 0 radical (unpaired) electrons. The number of benzene rings is 1.